The van der Waals surface area contributed by atoms with Crippen molar-refractivity contribution < 1.29 is 14.7 Å². The van der Waals surface area contributed by atoms with E-state index in [2.05, 4.69) is 15.4 Å². The highest BCUT2D eigenvalue weighted by molar-refractivity contribution is 7.09. The zero-order valence-electron chi connectivity index (χ0n) is 12.9. The van der Waals surface area contributed by atoms with E-state index in [1.54, 1.807) is 10.9 Å². The number of hydrogen-bond acceptors (Lipinski definition) is 5. The van der Waals surface area contributed by atoms with Crippen molar-refractivity contribution >= 4 is 23.2 Å². The zero-order chi connectivity index (χ0) is 16.5. The molecule has 0 fully saturated rings. The Kier molecular flexibility index (Phi) is 4.32. The summed E-state index contributed by atoms with van der Waals surface area (Å²) in [5, 5.41) is 17.8. The van der Waals surface area contributed by atoms with Gasteiger partial charge in [0.1, 0.15) is 5.01 Å². The SMILES string of the molecule is Cc1c(C(=O)NCc2nc(C(=O)O)cs2)cnn1C(C)(C)C. The monoisotopic (exact) mass is 322 g/mol. The molecule has 2 aromatic rings. The van der Waals surface area contributed by atoms with Crippen LogP contribution in [-0.2, 0) is 12.1 Å². The quantitative estimate of drug-likeness (QED) is 0.897. The van der Waals surface area contributed by atoms with Gasteiger partial charge in [0, 0.05) is 11.1 Å². The van der Waals surface area contributed by atoms with E-state index in [-0.39, 0.29) is 23.7 Å². The second kappa shape index (κ2) is 5.88. The van der Waals surface area contributed by atoms with Gasteiger partial charge in [-0.25, -0.2) is 9.78 Å². The van der Waals surface area contributed by atoms with Gasteiger partial charge in [-0.15, -0.1) is 11.3 Å². The summed E-state index contributed by atoms with van der Waals surface area (Å²) in [6.07, 6.45) is 1.54. The van der Waals surface area contributed by atoms with Crippen molar-refractivity contribution in [3.8, 4) is 0 Å². The van der Waals surface area contributed by atoms with Crippen LogP contribution in [0, 0.1) is 6.92 Å². The number of aromatic carboxylic acids is 1. The molecule has 2 heterocycles. The number of nitrogens with zero attached hydrogens (tertiary/aromatic N) is 3. The lowest BCUT2D eigenvalue weighted by Crippen LogP contribution is -2.26. The molecule has 0 aliphatic rings. The summed E-state index contributed by atoms with van der Waals surface area (Å²) in [6.45, 7) is 8.07. The van der Waals surface area contributed by atoms with Crippen molar-refractivity contribution in [1.29, 1.82) is 0 Å². The fourth-order valence-electron chi connectivity index (χ4n) is 2.05. The van der Waals surface area contributed by atoms with Gasteiger partial charge in [0.2, 0.25) is 0 Å². The lowest BCUT2D eigenvalue weighted by Gasteiger charge is -2.21. The highest BCUT2D eigenvalue weighted by Crippen LogP contribution is 2.18. The molecule has 8 heteroatoms. The van der Waals surface area contributed by atoms with E-state index in [4.69, 9.17) is 5.11 Å². The predicted molar refractivity (Wildman–Crippen MR) is 82.2 cm³/mol. The number of rotatable bonds is 4. The Balaban J connectivity index is 2.06. The summed E-state index contributed by atoms with van der Waals surface area (Å²) >= 11 is 1.20. The van der Waals surface area contributed by atoms with Gasteiger partial charge < -0.3 is 10.4 Å². The molecule has 7 nitrogen and oxygen atoms in total. The minimum absolute atomic E-state index is 0.00835. The molecule has 0 atom stereocenters. The molecule has 0 saturated carbocycles. The lowest BCUT2D eigenvalue weighted by molar-refractivity contribution is 0.0691. The summed E-state index contributed by atoms with van der Waals surface area (Å²) in [5.41, 5.74) is 1.08. The molecule has 0 aliphatic heterocycles. The first kappa shape index (κ1) is 16.2. The van der Waals surface area contributed by atoms with Gasteiger partial charge in [-0.1, -0.05) is 0 Å². The maximum atomic E-state index is 12.2. The fraction of sp³-hybridized carbons (Fsp3) is 0.429. The van der Waals surface area contributed by atoms with Crippen molar-refractivity contribution in [2.75, 3.05) is 0 Å². The van der Waals surface area contributed by atoms with Crippen LogP contribution in [0.4, 0.5) is 0 Å². The van der Waals surface area contributed by atoms with Gasteiger partial charge >= 0.3 is 5.97 Å². The highest BCUT2D eigenvalue weighted by Gasteiger charge is 2.21. The Morgan fingerprint density at radius 3 is 2.59 bits per heavy atom. The smallest absolute Gasteiger partial charge is 0.355 e. The number of carboxylic acid groups (broad SMARTS) is 1. The normalized spacial score (nSPS) is 11.5. The van der Waals surface area contributed by atoms with E-state index < -0.39 is 5.97 Å². The van der Waals surface area contributed by atoms with Crippen LogP contribution >= 0.6 is 11.3 Å². The number of hydrogen-bond donors (Lipinski definition) is 2. The molecular weight excluding hydrogens is 304 g/mol. The number of aromatic nitrogens is 3. The van der Waals surface area contributed by atoms with Crippen LogP contribution in [0.5, 0.6) is 0 Å². The summed E-state index contributed by atoms with van der Waals surface area (Å²) < 4.78 is 1.80. The maximum Gasteiger partial charge on any atom is 0.355 e. The number of carbonyl (C=O) groups is 2. The van der Waals surface area contributed by atoms with Crippen molar-refractivity contribution in [2.24, 2.45) is 0 Å². The Hall–Kier alpha value is -2.22. The van der Waals surface area contributed by atoms with Gasteiger partial charge in [-0.05, 0) is 27.7 Å². The van der Waals surface area contributed by atoms with Crippen molar-refractivity contribution in [3.05, 3.63) is 33.5 Å². The minimum Gasteiger partial charge on any atom is -0.476 e. The van der Waals surface area contributed by atoms with Crippen LogP contribution in [-0.4, -0.2) is 31.7 Å². The van der Waals surface area contributed by atoms with E-state index in [9.17, 15) is 9.59 Å². The standard InChI is InChI=1S/C14H18N4O3S/c1-8-9(5-16-18(8)14(2,3)4)12(19)15-6-11-17-10(7-22-11)13(20)21/h5,7H,6H2,1-4H3,(H,15,19)(H,20,21). The molecule has 2 N–H and O–H groups in total. The Bertz CT molecular complexity index is 712. The molecule has 2 rings (SSSR count). The molecule has 0 unspecified atom stereocenters. The van der Waals surface area contributed by atoms with Gasteiger partial charge in [-0.3, -0.25) is 9.48 Å². The molecule has 0 spiro atoms. The van der Waals surface area contributed by atoms with Crippen molar-refractivity contribution in [2.45, 2.75) is 39.8 Å². The summed E-state index contributed by atoms with van der Waals surface area (Å²) in [5.74, 6) is -1.32. The number of carboxylic acids is 1. The van der Waals surface area contributed by atoms with Gasteiger partial charge in [-0.2, -0.15) is 5.10 Å². The minimum atomic E-state index is -1.07. The summed E-state index contributed by atoms with van der Waals surface area (Å²) in [4.78, 5) is 26.9. The zero-order valence-corrected chi connectivity index (χ0v) is 13.7. The lowest BCUT2D eigenvalue weighted by atomic mass is 10.1. The summed E-state index contributed by atoms with van der Waals surface area (Å²) in [6, 6.07) is 0. The number of amides is 1. The van der Waals surface area contributed by atoms with Gasteiger partial charge in [0.05, 0.1) is 23.8 Å². The third kappa shape index (κ3) is 3.33. The fourth-order valence-corrected chi connectivity index (χ4v) is 2.76. The van der Waals surface area contributed by atoms with E-state index in [0.29, 0.717) is 10.6 Å². The van der Waals surface area contributed by atoms with E-state index in [0.717, 1.165) is 5.69 Å². The number of thiazole rings is 1. The molecule has 1 amide bonds. The highest BCUT2D eigenvalue weighted by atomic mass is 32.1. The Morgan fingerprint density at radius 1 is 1.41 bits per heavy atom. The van der Waals surface area contributed by atoms with Crippen LogP contribution < -0.4 is 5.32 Å². The molecule has 0 radical (unpaired) electrons. The van der Waals surface area contributed by atoms with Crippen LogP contribution in [0.2, 0.25) is 0 Å². The predicted octanol–water partition coefficient (Wildman–Crippen LogP) is 2.03. The first-order chi connectivity index (χ1) is 10.2. The second-order valence-corrected chi connectivity index (χ2v) is 6.78. The molecule has 0 aromatic carbocycles. The topological polar surface area (TPSA) is 97.1 Å². The average molecular weight is 322 g/mol. The molecule has 0 saturated heterocycles. The number of carbonyl (C=O) groups excluding carboxylic acids is 1. The maximum absolute atomic E-state index is 12.2. The average Bonchev–Trinajstić information content (AvgIpc) is 3.01. The molecule has 118 valence electrons. The molecule has 0 aliphatic carbocycles. The molecule has 0 bridgehead atoms. The molecular formula is C14H18N4O3S. The van der Waals surface area contributed by atoms with Gasteiger partial charge in [0.15, 0.2) is 5.69 Å². The second-order valence-electron chi connectivity index (χ2n) is 5.84. The van der Waals surface area contributed by atoms with Crippen LogP contribution in [0.1, 0.15) is 52.3 Å². The first-order valence-corrected chi connectivity index (χ1v) is 7.59. The van der Waals surface area contributed by atoms with E-state index in [1.807, 2.05) is 27.7 Å². The molecule has 2 aromatic heterocycles. The first-order valence-electron chi connectivity index (χ1n) is 6.71. The number of nitrogens with one attached hydrogen (secondary N) is 1. The van der Waals surface area contributed by atoms with Crippen molar-refractivity contribution in [1.82, 2.24) is 20.1 Å². The Morgan fingerprint density at radius 2 is 2.09 bits per heavy atom. The largest absolute Gasteiger partial charge is 0.476 e. The summed E-state index contributed by atoms with van der Waals surface area (Å²) in [7, 11) is 0. The third-order valence-corrected chi connectivity index (χ3v) is 3.91. The van der Waals surface area contributed by atoms with Gasteiger partial charge in [0.25, 0.3) is 5.91 Å². The Labute approximate surface area is 132 Å². The molecule has 22 heavy (non-hydrogen) atoms. The van der Waals surface area contributed by atoms with Crippen LogP contribution in [0.3, 0.4) is 0 Å². The van der Waals surface area contributed by atoms with Crippen molar-refractivity contribution in [3.63, 3.8) is 0 Å². The van der Waals surface area contributed by atoms with Crippen LogP contribution in [0.25, 0.3) is 0 Å². The van der Waals surface area contributed by atoms with Crippen LogP contribution in [0.15, 0.2) is 11.6 Å². The van der Waals surface area contributed by atoms with E-state index in [1.165, 1.54) is 16.7 Å². The third-order valence-electron chi connectivity index (χ3n) is 3.06. The van der Waals surface area contributed by atoms with E-state index >= 15 is 0 Å².